The second-order valence-corrected chi connectivity index (χ2v) is 5.32. The van der Waals surface area contributed by atoms with Crippen molar-refractivity contribution in [1.29, 1.82) is 0 Å². The minimum absolute atomic E-state index is 0.0643. The second-order valence-electron chi connectivity index (χ2n) is 5.32. The van der Waals surface area contributed by atoms with E-state index in [4.69, 9.17) is 4.74 Å². The molecule has 1 N–H and O–H groups in total. The Morgan fingerprint density at radius 1 is 1.25 bits per heavy atom. The molecule has 2 aliphatic heterocycles. The third-order valence-electron chi connectivity index (χ3n) is 4.26. The maximum absolute atomic E-state index is 12.4. The molecule has 1 atom stereocenters. The smallest absolute Gasteiger partial charge is 0.471 e. The van der Waals surface area contributed by atoms with Crippen molar-refractivity contribution in [3.05, 3.63) is 0 Å². The predicted octanol–water partition coefficient (Wildman–Crippen LogP) is 1.28. The van der Waals surface area contributed by atoms with Crippen LogP contribution in [0.1, 0.15) is 19.3 Å². The Balaban J connectivity index is 2.16. The molecule has 20 heavy (non-hydrogen) atoms. The van der Waals surface area contributed by atoms with E-state index in [1.165, 1.54) is 0 Å². The number of rotatable bonds is 2. The van der Waals surface area contributed by atoms with Gasteiger partial charge in [0.2, 0.25) is 0 Å². The van der Waals surface area contributed by atoms with Gasteiger partial charge < -0.3 is 14.7 Å². The lowest BCUT2D eigenvalue weighted by atomic mass is 9.71. The van der Waals surface area contributed by atoms with E-state index in [0.29, 0.717) is 31.0 Å². The van der Waals surface area contributed by atoms with Crippen LogP contribution < -0.4 is 0 Å². The van der Waals surface area contributed by atoms with Gasteiger partial charge in [-0.25, -0.2) is 0 Å². The molecule has 2 aliphatic rings. The Labute approximate surface area is 113 Å². The van der Waals surface area contributed by atoms with E-state index < -0.39 is 23.5 Å². The monoisotopic (exact) mass is 295 g/mol. The summed E-state index contributed by atoms with van der Waals surface area (Å²) < 4.78 is 42.5. The third-order valence-corrected chi connectivity index (χ3v) is 4.26. The summed E-state index contributed by atoms with van der Waals surface area (Å²) in [5.74, 6) is -3.32. The van der Waals surface area contributed by atoms with Gasteiger partial charge in [0.15, 0.2) is 0 Å². The normalized spacial score (nSPS) is 28.6. The minimum atomic E-state index is -4.95. The first-order chi connectivity index (χ1) is 9.27. The number of halogens is 3. The summed E-state index contributed by atoms with van der Waals surface area (Å²) in [5, 5.41) is 9.46. The highest BCUT2D eigenvalue weighted by molar-refractivity contribution is 5.84. The average molecular weight is 295 g/mol. The maximum atomic E-state index is 12.4. The van der Waals surface area contributed by atoms with Crippen LogP contribution in [-0.2, 0) is 14.3 Å². The summed E-state index contributed by atoms with van der Waals surface area (Å²) >= 11 is 0. The Morgan fingerprint density at radius 3 is 2.35 bits per heavy atom. The summed E-state index contributed by atoms with van der Waals surface area (Å²) in [4.78, 5) is 23.4. The highest BCUT2D eigenvalue weighted by Gasteiger charge is 2.55. The van der Waals surface area contributed by atoms with Crippen molar-refractivity contribution in [2.45, 2.75) is 25.4 Å². The van der Waals surface area contributed by atoms with Crippen LogP contribution in [0, 0.1) is 11.3 Å². The fourth-order valence-electron chi connectivity index (χ4n) is 3.12. The molecule has 1 unspecified atom stereocenters. The van der Waals surface area contributed by atoms with Crippen LogP contribution >= 0.6 is 0 Å². The minimum Gasteiger partial charge on any atom is -0.481 e. The molecule has 0 aromatic carbocycles. The molecule has 8 heteroatoms. The summed E-state index contributed by atoms with van der Waals surface area (Å²) in [6, 6.07) is 0. The van der Waals surface area contributed by atoms with E-state index in [9.17, 15) is 27.9 Å². The fourth-order valence-corrected chi connectivity index (χ4v) is 3.12. The summed E-state index contributed by atoms with van der Waals surface area (Å²) in [5.41, 5.74) is -1.27. The number of carboxylic acids is 1. The first kappa shape index (κ1) is 15.1. The molecule has 1 amide bonds. The Bertz CT molecular complexity index is 406. The number of carboxylic acid groups (broad SMARTS) is 1. The van der Waals surface area contributed by atoms with E-state index in [1.54, 1.807) is 0 Å². The van der Waals surface area contributed by atoms with Gasteiger partial charge in [-0.3, -0.25) is 9.59 Å². The highest BCUT2D eigenvalue weighted by atomic mass is 19.4. The Morgan fingerprint density at radius 2 is 1.85 bits per heavy atom. The van der Waals surface area contributed by atoms with Gasteiger partial charge in [-0.15, -0.1) is 0 Å². The van der Waals surface area contributed by atoms with Crippen molar-refractivity contribution in [2.75, 3.05) is 26.3 Å². The molecule has 2 rings (SSSR count). The highest BCUT2D eigenvalue weighted by Crippen LogP contribution is 2.43. The van der Waals surface area contributed by atoms with Gasteiger partial charge in [-0.2, -0.15) is 13.2 Å². The van der Waals surface area contributed by atoms with Crippen molar-refractivity contribution >= 4 is 11.9 Å². The lowest BCUT2D eigenvalue weighted by Gasteiger charge is -2.36. The number of nitrogens with zero attached hydrogens (tertiary/aromatic N) is 1. The van der Waals surface area contributed by atoms with Gasteiger partial charge in [-0.1, -0.05) is 0 Å². The van der Waals surface area contributed by atoms with Gasteiger partial charge in [-0.05, 0) is 25.2 Å². The molecule has 0 spiro atoms. The van der Waals surface area contributed by atoms with Crippen molar-refractivity contribution < 1.29 is 32.6 Å². The molecule has 114 valence electrons. The van der Waals surface area contributed by atoms with Crippen LogP contribution in [-0.4, -0.2) is 54.4 Å². The van der Waals surface area contributed by atoms with E-state index in [2.05, 4.69) is 0 Å². The molecular formula is C12H16F3NO4. The SMILES string of the molecule is O=C(N1CCC(C(=O)O)(C2CCOCC2)C1)C(F)(F)F. The zero-order valence-electron chi connectivity index (χ0n) is 10.8. The van der Waals surface area contributed by atoms with E-state index in [1.807, 2.05) is 0 Å². The lowest BCUT2D eigenvalue weighted by molar-refractivity contribution is -0.185. The van der Waals surface area contributed by atoms with Crippen molar-refractivity contribution in [1.82, 2.24) is 4.90 Å². The van der Waals surface area contributed by atoms with E-state index in [-0.39, 0.29) is 25.4 Å². The number of amides is 1. The third kappa shape index (κ3) is 2.61. The molecule has 0 bridgehead atoms. The van der Waals surface area contributed by atoms with E-state index >= 15 is 0 Å². The molecule has 5 nitrogen and oxygen atoms in total. The maximum Gasteiger partial charge on any atom is 0.471 e. The average Bonchev–Trinajstić information content (AvgIpc) is 2.84. The van der Waals surface area contributed by atoms with Crippen LogP contribution in [0.3, 0.4) is 0 Å². The van der Waals surface area contributed by atoms with Crippen LogP contribution in [0.4, 0.5) is 13.2 Å². The van der Waals surface area contributed by atoms with E-state index in [0.717, 1.165) is 0 Å². The first-order valence-electron chi connectivity index (χ1n) is 6.44. The van der Waals surface area contributed by atoms with Crippen LogP contribution in [0.15, 0.2) is 0 Å². The van der Waals surface area contributed by atoms with Crippen molar-refractivity contribution in [3.8, 4) is 0 Å². The summed E-state index contributed by atoms with van der Waals surface area (Å²) in [6.45, 7) is 0.285. The lowest BCUT2D eigenvalue weighted by Crippen LogP contribution is -2.46. The molecular weight excluding hydrogens is 279 g/mol. The topological polar surface area (TPSA) is 66.8 Å². The largest absolute Gasteiger partial charge is 0.481 e. The van der Waals surface area contributed by atoms with Crippen molar-refractivity contribution in [3.63, 3.8) is 0 Å². The van der Waals surface area contributed by atoms with Gasteiger partial charge >= 0.3 is 18.1 Å². The number of hydrogen-bond donors (Lipinski definition) is 1. The van der Waals surface area contributed by atoms with Gasteiger partial charge in [0.1, 0.15) is 0 Å². The number of aliphatic carboxylic acids is 1. The van der Waals surface area contributed by atoms with Crippen LogP contribution in [0.25, 0.3) is 0 Å². The standard InChI is InChI=1S/C12H16F3NO4/c13-12(14,15)9(17)16-4-3-11(7-16,10(18)19)8-1-5-20-6-2-8/h8H,1-7H2,(H,18,19). The molecule has 2 heterocycles. The fraction of sp³-hybridized carbons (Fsp3) is 0.833. The molecule has 0 aromatic heterocycles. The van der Waals surface area contributed by atoms with Crippen LogP contribution in [0.5, 0.6) is 0 Å². The van der Waals surface area contributed by atoms with Gasteiger partial charge in [0.25, 0.3) is 0 Å². The molecule has 0 aromatic rings. The number of carbonyl (C=O) groups excluding carboxylic acids is 1. The Kier molecular flexibility index (Phi) is 3.95. The zero-order chi connectivity index (χ0) is 15.0. The molecule has 0 aliphatic carbocycles. The number of likely N-dealkylation sites (tertiary alicyclic amines) is 1. The Hall–Kier alpha value is -1.31. The second kappa shape index (κ2) is 5.23. The van der Waals surface area contributed by atoms with Gasteiger partial charge in [0, 0.05) is 26.3 Å². The number of carbonyl (C=O) groups is 2. The first-order valence-corrected chi connectivity index (χ1v) is 6.44. The molecule has 0 radical (unpaired) electrons. The number of ether oxygens (including phenoxy) is 1. The number of alkyl halides is 3. The summed E-state index contributed by atoms with van der Waals surface area (Å²) in [7, 11) is 0. The van der Waals surface area contributed by atoms with Gasteiger partial charge in [0.05, 0.1) is 5.41 Å². The molecule has 0 saturated carbocycles. The zero-order valence-corrected chi connectivity index (χ0v) is 10.8. The molecule has 2 saturated heterocycles. The van der Waals surface area contributed by atoms with Crippen LogP contribution in [0.2, 0.25) is 0 Å². The summed E-state index contributed by atoms with van der Waals surface area (Å²) in [6.07, 6.45) is -3.89. The predicted molar refractivity (Wildman–Crippen MR) is 60.9 cm³/mol. The quantitative estimate of drug-likeness (QED) is 0.833. The number of hydrogen-bond acceptors (Lipinski definition) is 3. The van der Waals surface area contributed by atoms with Crippen molar-refractivity contribution in [2.24, 2.45) is 11.3 Å². The molecule has 2 fully saturated rings.